The predicted octanol–water partition coefficient (Wildman–Crippen LogP) is 5.55. The molecule has 0 unspecified atom stereocenters. The Hall–Kier alpha value is -3.51. The predicted molar refractivity (Wildman–Crippen MR) is 130 cm³/mol. The first kappa shape index (κ1) is 24.1. The molecule has 7 heteroatoms. The summed E-state index contributed by atoms with van der Waals surface area (Å²) in [7, 11) is 1.58. The van der Waals surface area contributed by atoms with Crippen molar-refractivity contribution in [3.8, 4) is 17.2 Å². The smallest absolute Gasteiger partial charge is 0.240 e. The fraction of sp³-hybridized carbons (Fsp3) is 0.231. The van der Waals surface area contributed by atoms with Gasteiger partial charge in [-0.1, -0.05) is 41.9 Å². The number of hydrogen-bond acceptors (Lipinski definition) is 5. The van der Waals surface area contributed by atoms with Gasteiger partial charge in [-0.15, -0.1) is 0 Å². The zero-order valence-corrected chi connectivity index (χ0v) is 19.5. The van der Waals surface area contributed by atoms with E-state index in [1.807, 2.05) is 61.5 Å². The fourth-order valence-corrected chi connectivity index (χ4v) is 3.27. The molecule has 3 rings (SSSR count). The number of carbonyl (C=O) groups excluding carboxylic acids is 1. The Morgan fingerprint density at radius 1 is 1.00 bits per heavy atom. The lowest BCUT2D eigenvalue weighted by Gasteiger charge is -2.11. The highest BCUT2D eigenvalue weighted by molar-refractivity contribution is 6.30. The summed E-state index contributed by atoms with van der Waals surface area (Å²) in [4.78, 5) is 12.0. The molecule has 0 aliphatic carbocycles. The van der Waals surface area contributed by atoms with Crippen LogP contribution < -0.4 is 19.6 Å². The number of nitrogens with zero attached hydrogens (tertiary/aromatic N) is 1. The SMILES string of the molecule is COc1cc(C=NNC(=O)CCCOc2ccc(Cl)cc2C)ccc1OCc1ccccc1. The summed E-state index contributed by atoms with van der Waals surface area (Å²) in [6, 6.07) is 20.8. The molecule has 172 valence electrons. The largest absolute Gasteiger partial charge is 0.493 e. The number of rotatable bonds is 11. The third-order valence-electron chi connectivity index (χ3n) is 4.77. The number of methoxy groups -OCH3 is 1. The van der Waals surface area contributed by atoms with Gasteiger partial charge in [-0.2, -0.15) is 5.10 Å². The summed E-state index contributed by atoms with van der Waals surface area (Å²) in [5.41, 5.74) is 5.34. The van der Waals surface area contributed by atoms with Crippen molar-refractivity contribution in [2.24, 2.45) is 5.10 Å². The van der Waals surface area contributed by atoms with Gasteiger partial charge in [0.1, 0.15) is 12.4 Å². The van der Waals surface area contributed by atoms with Crippen molar-refractivity contribution in [2.45, 2.75) is 26.4 Å². The maximum absolute atomic E-state index is 12.0. The van der Waals surface area contributed by atoms with Crippen LogP contribution in [0.4, 0.5) is 0 Å². The van der Waals surface area contributed by atoms with Gasteiger partial charge < -0.3 is 14.2 Å². The van der Waals surface area contributed by atoms with E-state index in [9.17, 15) is 4.79 Å². The second-order valence-electron chi connectivity index (χ2n) is 7.34. The van der Waals surface area contributed by atoms with Crippen LogP contribution in [0.25, 0.3) is 0 Å². The first-order chi connectivity index (χ1) is 16.0. The van der Waals surface area contributed by atoms with Gasteiger partial charge in [0.05, 0.1) is 19.9 Å². The first-order valence-corrected chi connectivity index (χ1v) is 11.0. The van der Waals surface area contributed by atoms with E-state index in [4.69, 9.17) is 25.8 Å². The van der Waals surface area contributed by atoms with Crippen molar-refractivity contribution in [1.82, 2.24) is 5.43 Å². The highest BCUT2D eigenvalue weighted by Crippen LogP contribution is 2.28. The van der Waals surface area contributed by atoms with Crippen LogP contribution in [0.5, 0.6) is 17.2 Å². The summed E-state index contributed by atoms with van der Waals surface area (Å²) in [5, 5.41) is 4.69. The van der Waals surface area contributed by atoms with Crippen LogP contribution in [0.15, 0.2) is 71.8 Å². The lowest BCUT2D eigenvalue weighted by molar-refractivity contribution is -0.121. The molecule has 0 aliphatic rings. The average Bonchev–Trinajstić information content (AvgIpc) is 2.82. The van der Waals surface area contributed by atoms with Crippen molar-refractivity contribution in [3.63, 3.8) is 0 Å². The molecule has 3 aromatic carbocycles. The third-order valence-corrected chi connectivity index (χ3v) is 5.01. The number of carbonyl (C=O) groups is 1. The number of ether oxygens (including phenoxy) is 3. The zero-order chi connectivity index (χ0) is 23.5. The topological polar surface area (TPSA) is 69.2 Å². The van der Waals surface area contributed by atoms with E-state index in [1.54, 1.807) is 25.5 Å². The van der Waals surface area contributed by atoms with E-state index in [0.29, 0.717) is 42.6 Å². The second-order valence-corrected chi connectivity index (χ2v) is 7.78. The van der Waals surface area contributed by atoms with Crippen molar-refractivity contribution >= 4 is 23.7 Å². The number of nitrogens with one attached hydrogen (secondary N) is 1. The molecule has 1 N–H and O–H groups in total. The number of benzene rings is 3. The molecule has 0 atom stereocenters. The highest BCUT2D eigenvalue weighted by Gasteiger charge is 2.06. The average molecular weight is 467 g/mol. The molecule has 0 aromatic heterocycles. The van der Waals surface area contributed by atoms with Crippen molar-refractivity contribution in [3.05, 3.63) is 88.4 Å². The van der Waals surface area contributed by atoms with E-state index < -0.39 is 0 Å². The van der Waals surface area contributed by atoms with Crippen LogP contribution in [-0.4, -0.2) is 25.8 Å². The van der Waals surface area contributed by atoms with E-state index in [2.05, 4.69) is 10.5 Å². The van der Waals surface area contributed by atoms with Gasteiger partial charge in [0.25, 0.3) is 0 Å². The molecule has 0 saturated heterocycles. The van der Waals surface area contributed by atoms with E-state index in [-0.39, 0.29) is 5.91 Å². The Morgan fingerprint density at radius 2 is 1.79 bits per heavy atom. The number of hydrogen-bond donors (Lipinski definition) is 1. The molecule has 0 radical (unpaired) electrons. The Labute approximate surface area is 199 Å². The number of hydrazone groups is 1. The molecule has 0 bridgehead atoms. The van der Waals surface area contributed by atoms with Crippen LogP contribution >= 0.6 is 11.6 Å². The van der Waals surface area contributed by atoms with E-state index in [0.717, 1.165) is 22.4 Å². The molecule has 0 saturated carbocycles. The van der Waals surface area contributed by atoms with Crippen LogP contribution in [0, 0.1) is 6.92 Å². The van der Waals surface area contributed by atoms with Gasteiger partial charge in [0.2, 0.25) is 5.91 Å². The summed E-state index contributed by atoms with van der Waals surface area (Å²) < 4.78 is 17.0. The summed E-state index contributed by atoms with van der Waals surface area (Å²) in [6.07, 6.45) is 2.44. The van der Waals surface area contributed by atoms with Crippen molar-refractivity contribution in [1.29, 1.82) is 0 Å². The number of halogens is 1. The first-order valence-electron chi connectivity index (χ1n) is 10.6. The van der Waals surface area contributed by atoms with Gasteiger partial charge >= 0.3 is 0 Å². The van der Waals surface area contributed by atoms with E-state index >= 15 is 0 Å². The third kappa shape index (κ3) is 7.84. The van der Waals surface area contributed by atoms with Crippen LogP contribution in [0.2, 0.25) is 5.02 Å². The normalized spacial score (nSPS) is 10.8. The Kier molecular flexibility index (Phi) is 9.15. The van der Waals surface area contributed by atoms with Gasteiger partial charge in [0, 0.05) is 11.4 Å². The molecule has 33 heavy (non-hydrogen) atoms. The summed E-state index contributed by atoms with van der Waals surface area (Å²) in [6.45, 7) is 2.81. The summed E-state index contributed by atoms with van der Waals surface area (Å²) in [5.74, 6) is 1.81. The monoisotopic (exact) mass is 466 g/mol. The van der Waals surface area contributed by atoms with Crippen LogP contribution in [0.3, 0.4) is 0 Å². The van der Waals surface area contributed by atoms with E-state index in [1.165, 1.54) is 0 Å². The quantitative estimate of drug-likeness (QED) is 0.228. The lowest BCUT2D eigenvalue weighted by atomic mass is 10.2. The maximum Gasteiger partial charge on any atom is 0.240 e. The van der Waals surface area contributed by atoms with Gasteiger partial charge in [-0.3, -0.25) is 4.79 Å². The molecule has 0 heterocycles. The van der Waals surface area contributed by atoms with Gasteiger partial charge in [-0.05, 0) is 66.4 Å². The minimum absolute atomic E-state index is 0.183. The Morgan fingerprint density at radius 3 is 2.55 bits per heavy atom. The molecular formula is C26H27ClN2O4. The van der Waals surface area contributed by atoms with Crippen molar-refractivity contribution in [2.75, 3.05) is 13.7 Å². The second kappa shape index (κ2) is 12.5. The molecule has 0 spiro atoms. The minimum Gasteiger partial charge on any atom is -0.493 e. The minimum atomic E-state index is -0.183. The number of amides is 1. The van der Waals surface area contributed by atoms with Crippen LogP contribution in [-0.2, 0) is 11.4 Å². The molecule has 6 nitrogen and oxygen atoms in total. The van der Waals surface area contributed by atoms with Crippen molar-refractivity contribution < 1.29 is 19.0 Å². The number of aryl methyl sites for hydroxylation is 1. The van der Waals surface area contributed by atoms with Gasteiger partial charge in [0.15, 0.2) is 11.5 Å². The fourth-order valence-electron chi connectivity index (χ4n) is 3.04. The molecule has 3 aromatic rings. The highest BCUT2D eigenvalue weighted by atomic mass is 35.5. The molecule has 0 fully saturated rings. The molecular weight excluding hydrogens is 440 g/mol. The maximum atomic E-state index is 12.0. The molecule has 0 aliphatic heterocycles. The van der Waals surface area contributed by atoms with Gasteiger partial charge in [-0.25, -0.2) is 5.43 Å². The van der Waals surface area contributed by atoms with Crippen LogP contribution in [0.1, 0.15) is 29.5 Å². The standard InChI is InChI=1S/C26H27ClN2O4/c1-19-15-22(27)11-13-23(19)32-14-6-9-26(30)29-28-17-21-10-12-24(25(16-21)31-2)33-18-20-7-4-3-5-8-20/h3-5,7-8,10-13,15-17H,6,9,14,18H2,1-2H3,(H,29,30). The molecule has 1 amide bonds. The Balaban J connectivity index is 1.42. The lowest BCUT2D eigenvalue weighted by Crippen LogP contribution is -2.18. The Bertz CT molecular complexity index is 1090. The zero-order valence-electron chi connectivity index (χ0n) is 18.7. The summed E-state index contributed by atoms with van der Waals surface area (Å²) >= 11 is 5.94.